The van der Waals surface area contributed by atoms with Crippen LogP contribution in [-0.2, 0) is 6.42 Å². The molecule has 2 nitrogen and oxygen atoms in total. The molecule has 0 saturated heterocycles. The van der Waals surface area contributed by atoms with E-state index in [0.717, 1.165) is 24.2 Å². The van der Waals surface area contributed by atoms with Gasteiger partial charge in [-0.05, 0) is 56.9 Å². The Labute approximate surface area is 127 Å². The predicted octanol–water partition coefficient (Wildman–Crippen LogP) is 4.45. The molecule has 112 valence electrons. The fraction of sp³-hybridized carbons (Fsp3) is 0.368. The summed E-state index contributed by atoms with van der Waals surface area (Å²) in [4.78, 5) is 0. The van der Waals surface area contributed by atoms with Crippen molar-refractivity contribution in [2.45, 2.75) is 45.8 Å². The number of aliphatic hydroxyl groups excluding tert-OH is 1. The highest BCUT2D eigenvalue weighted by molar-refractivity contribution is 5.29. The molecule has 0 aliphatic heterocycles. The molecule has 1 N–H and O–H groups in total. The van der Waals surface area contributed by atoms with Crippen LogP contribution >= 0.6 is 0 Å². The Balaban J connectivity index is 1.92. The fourth-order valence-corrected chi connectivity index (χ4v) is 2.38. The lowest BCUT2D eigenvalue weighted by Gasteiger charge is -2.13. The smallest absolute Gasteiger partial charge is 0.119 e. The molecule has 0 saturated carbocycles. The van der Waals surface area contributed by atoms with Gasteiger partial charge in [-0.15, -0.1) is 0 Å². The van der Waals surface area contributed by atoms with Crippen LogP contribution in [0, 0.1) is 6.92 Å². The van der Waals surface area contributed by atoms with Gasteiger partial charge in [-0.25, -0.2) is 0 Å². The van der Waals surface area contributed by atoms with Crippen molar-refractivity contribution >= 4 is 0 Å². The molecular weight excluding hydrogens is 260 g/mol. The van der Waals surface area contributed by atoms with E-state index < -0.39 is 6.10 Å². The van der Waals surface area contributed by atoms with Gasteiger partial charge in [-0.2, -0.15) is 0 Å². The Kier molecular flexibility index (Phi) is 5.40. The summed E-state index contributed by atoms with van der Waals surface area (Å²) in [7, 11) is 0. The first-order chi connectivity index (χ1) is 10.0. The van der Waals surface area contributed by atoms with Crippen LogP contribution in [0.15, 0.2) is 48.5 Å². The molecule has 1 unspecified atom stereocenters. The van der Waals surface area contributed by atoms with E-state index in [4.69, 9.17) is 4.74 Å². The van der Waals surface area contributed by atoms with Gasteiger partial charge < -0.3 is 9.84 Å². The molecule has 0 amide bonds. The zero-order chi connectivity index (χ0) is 15.2. The van der Waals surface area contributed by atoms with Crippen LogP contribution in [0.5, 0.6) is 5.75 Å². The molecule has 0 fully saturated rings. The third kappa shape index (κ3) is 4.91. The number of aryl methyl sites for hydroxylation is 2. The second-order valence-electron chi connectivity index (χ2n) is 5.78. The molecule has 0 spiro atoms. The van der Waals surface area contributed by atoms with E-state index in [9.17, 15) is 5.11 Å². The zero-order valence-electron chi connectivity index (χ0n) is 13.0. The third-order valence-electron chi connectivity index (χ3n) is 3.43. The van der Waals surface area contributed by atoms with Crippen LogP contribution in [0.1, 0.15) is 43.1 Å². The van der Waals surface area contributed by atoms with Gasteiger partial charge in [-0.3, -0.25) is 0 Å². The Morgan fingerprint density at radius 3 is 2.38 bits per heavy atom. The second kappa shape index (κ2) is 7.28. The van der Waals surface area contributed by atoms with Crippen molar-refractivity contribution in [1.29, 1.82) is 0 Å². The van der Waals surface area contributed by atoms with Gasteiger partial charge in [0.05, 0.1) is 12.2 Å². The Bertz CT molecular complexity index is 558. The van der Waals surface area contributed by atoms with Gasteiger partial charge >= 0.3 is 0 Å². The predicted molar refractivity (Wildman–Crippen MR) is 86.7 cm³/mol. The van der Waals surface area contributed by atoms with Crippen LogP contribution in [0.2, 0.25) is 0 Å². The molecule has 0 aliphatic rings. The number of rotatable bonds is 6. The molecule has 2 heteroatoms. The molecule has 0 bridgehead atoms. The highest BCUT2D eigenvalue weighted by Crippen LogP contribution is 2.22. The second-order valence-corrected chi connectivity index (χ2v) is 5.78. The maximum atomic E-state index is 10.3. The topological polar surface area (TPSA) is 29.5 Å². The van der Waals surface area contributed by atoms with Crippen molar-refractivity contribution in [2.24, 2.45) is 0 Å². The summed E-state index contributed by atoms with van der Waals surface area (Å²) in [5.41, 5.74) is 3.48. The van der Waals surface area contributed by atoms with Crippen LogP contribution in [0.4, 0.5) is 0 Å². The van der Waals surface area contributed by atoms with Crippen molar-refractivity contribution in [3.05, 3.63) is 65.2 Å². The highest BCUT2D eigenvalue weighted by atomic mass is 16.5. The average molecular weight is 284 g/mol. The lowest BCUT2D eigenvalue weighted by molar-refractivity contribution is 0.167. The summed E-state index contributed by atoms with van der Waals surface area (Å²) >= 11 is 0. The first kappa shape index (κ1) is 15.6. The SMILES string of the molecule is Cc1cccc(CCC(O)c2ccc(OC(C)C)cc2)c1. The van der Waals surface area contributed by atoms with Crippen LogP contribution in [0.3, 0.4) is 0 Å². The van der Waals surface area contributed by atoms with Gasteiger partial charge in [0.15, 0.2) is 0 Å². The Morgan fingerprint density at radius 1 is 1.05 bits per heavy atom. The summed E-state index contributed by atoms with van der Waals surface area (Å²) in [6, 6.07) is 16.2. The molecule has 0 aromatic heterocycles. The minimum Gasteiger partial charge on any atom is -0.491 e. The van der Waals surface area contributed by atoms with Crippen molar-refractivity contribution < 1.29 is 9.84 Å². The normalized spacial score (nSPS) is 12.4. The van der Waals surface area contributed by atoms with Gasteiger partial charge in [0.2, 0.25) is 0 Å². The van der Waals surface area contributed by atoms with E-state index in [0.29, 0.717) is 0 Å². The number of hydrogen-bond acceptors (Lipinski definition) is 2. The Hall–Kier alpha value is -1.80. The van der Waals surface area contributed by atoms with E-state index in [1.54, 1.807) is 0 Å². The minimum atomic E-state index is -0.432. The summed E-state index contributed by atoms with van der Waals surface area (Å²) in [5, 5.41) is 10.3. The summed E-state index contributed by atoms with van der Waals surface area (Å²) in [5.74, 6) is 0.847. The van der Waals surface area contributed by atoms with E-state index in [2.05, 4.69) is 31.2 Å². The van der Waals surface area contributed by atoms with Gasteiger partial charge in [0, 0.05) is 0 Å². The van der Waals surface area contributed by atoms with Crippen molar-refractivity contribution in [1.82, 2.24) is 0 Å². The van der Waals surface area contributed by atoms with E-state index in [-0.39, 0.29) is 6.10 Å². The number of hydrogen-bond donors (Lipinski definition) is 1. The molecule has 2 aromatic rings. The molecule has 0 heterocycles. The lowest BCUT2D eigenvalue weighted by atomic mass is 10.0. The molecular formula is C19H24O2. The first-order valence-corrected chi connectivity index (χ1v) is 7.55. The lowest BCUT2D eigenvalue weighted by Crippen LogP contribution is -2.06. The van der Waals surface area contributed by atoms with E-state index >= 15 is 0 Å². The maximum Gasteiger partial charge on any atom is 0.119 e. The van der Waals surface area contributed by atoms with Crippen LogP contribution in [0.25, 0.3) is 0 Å². The van der Waals surface area contributed by atoms with Crippen LogP contribution in [-0.4, -0.2) is 11.2 Å². The minimum absolute atomic E-state index is 0.169. The zero-order valence-corrected chi connectivity index (χ0v) is 13.0. The quantitative estimate of drug-likeness (QED) is 0.849. The van der Waals surface area contributed by atoms with E-state index in [1.165, 1.54) is 11.1 Å². The Morgan fingerprint density at radius 2 is 1.76 bits per heavy atom. The molecule has 2 rings (SSSR count). The van der Waals surface area contributed by atoms with Gasteiger partial charge in [0.1, 0.15) is 5.75 Å². The molecule has 0 radical (unpaired) electrons. The number of benzene rings is 2. The number of ether oxygens (including phenoxy) is 1. The third-order valence-corrected chi connectivity index (χ3v) is 3.43. The fourth-order valence-electron chi connectivity index (χ4n) is 2.38. The monoisotopic (exact) mass is 284 g/mol. The average Bonchev–Trinajstić information content (AvgIpc) is 2.45. The summed E-state index contributed by atoms with van der Waals surface area (Å²) in [6.45, 7) is 6.10. The maximum absolute atomic E-state index is 10.3. The summed E-state index contributed by atoms with van der Waals surface area (Å²) in [6.07, 6.45) is 1.35. The van der Waals surface area contributed by atoms with Gasteiger partial charge in [0.25, 0.3) is 0 Å². The largest absolute Gasteiger partial charge is 0.491 e. The van der Waals surface area contributed by atoms with Crippen molar-refractivity contribution in [2.75, 3.05) is 0 Å². The summed E-state index contributed by atoms with van der Waals surface area (Å²) < 4.78 is 5.61. The van der Waals surface area contributed by atoms with Crippen LogP contribution < -0.4 is 4.74 Å². The van der Waals surface area contributed by atoms with Crippen molar-refractivity contribution in [3.63, 3.8) is 0 Å². The first-order valence-electron chi connectivity index (χ1n) is 7.55. The molecule has 1 atom stereocenters. The highest BCUT2D eigenvalue weighted by Gasteiger charge is 2.08. The number of aliphatic hydroxyl groups is 1. The molecule has 21 heavy (non-hydrogen) atoms. The van der Waals surface area contributed by atoms with E-state index in [1.807, 2.05) is 38.1 Å². The molecule has 0 aliphatic carbocycles. The molecule has 2 aromatic carbocycles. The van der Waals surface area contributed by atoms with Gasteiger partial charge in [-0.1, -0.05) is 42.0 Å². The van der Waals surface area contributed by atoms with Crippen molar-refractivity contribution in [3.8, 4) is 5.75 Å². The standard InChI is InChI=1S/C19H24O2/c1-14(2)21-18-10-8-17(9-11-18)19(20)12-7-16-6-4-5-15(3)13-16/h4-6,8-11,13-14,19-20H,7,12H2,1-3H3.